The third kappa shape index (κ3) is 1.64. The van der Waals surface area contributed by atoms with Crippen LogP contribution in [-0.2, 0) is 6.42 Å². The van der Waals surface area contributed by atoms with Gasteiger partial charge in [0.05, 0.1) is 6.26 Å². The molecule has 1 aromatic carbocycles. The van der Waals surface area contributed by atoms with E-state index in [4.69, 9.17) is 4.42 Å². The van der Waals surface area contributed by atoms with Crippen LogP contribution >= 0.6 is 0 Å². The Bertz CT molecular complexity index is 373. The Labute approximate surface area is 78.0 Å². The van der Waals surface area contributed by atoms with Gasteiger partial charge in [-0.3, -0.25) is 0 Å². The van der Waals surface area contributed by atoms with Gasteiger partial charge in [0.2, 0.25) is 0 Å². The maximum absolute atomic E-state index is 5.31. The fraction of sp³-hybridized carbons (Fsp3) is 0.0833. The fourth-order valence-electron chi connectivity index (χ4n) is 1.29. The second-order valence-corrected chi connectivity index (χ2v) is 2.92. The van der Waals surface area contributed by atoms with E-state index in [1.807, 2.05) is 24.3 Å². The van der Waals surface area contributed by atoms with Gasteiger partial charge in [0.15, 0.2) is 0 Å². The van der Waals surface area contributed by atoms with Crippen LogP contribution in [0.25, 0.3) is 11.1 Å². The average Bonchev–Trinajstić information content (AvgIpc) is 2.67. The van der Waals surface area contributed by atoms with E-state index in [0.29, 0.717) is 6.42 Å². The highest BCUT2D eigenvalue weighted by Crippen LogP contribution is 2.21. The molecule has 0 bridgehead atoms. The maximum Gasteiger partial charge on any atom is 0.104 e. The van der Waals surface area contributed by atoms with Crippen LogP contribution < -0.4 is 0 Å². The van der Waals surface area contributed by atoms with Crippen molar-refractivity contribution in [2.24, 2.45) is 0 Å². The van der Waals surface area contributed by atoms with Crippen molar-refractivity contribution in [3.63, 3.8) is 0 Å². The van der Waals surface area contributed by atoms with E-state index >= 15 is 0 Å². The summed E-state index contributed by atoms with van der Waals surface area (Å²) in [6, 6.07) is 12.2. The largest absolute Gasteiger partial charge is 0.469 e. The highest BCUT2D eigenvalue weighted by molar-refractivity contribution is 5.62. The first-order valence-corrected chi connectivity index (χ1v) is 4.32. The molecule has 13 heavy (non-hydrogen) atoms. The Balaban J connectivity index is 2.36. The summed E-state index contributed by atoms with van der Waals surface area (Å²) in [5, 5.41) is 0. The van der Waals surface area contributed by atoms with Crippen molar-refractivity contribution in [3.05, 3.63) is 55.3 Å². The number of hydrogen-bond acceptors (Lipinski definition) is 1. The van der Waals surface area contributed by atoms with Gasteiger partial charge >= 0.3 is 0 Å². The predicted octanol–water partition coefficient (Wildman–Crippen LogP) is 3.32. The Morgan fingerprint density at radius 1 is 1.08 bits per heavy atom. The molecule has 1 aromatic heterocycles. The molecule has 0 N–H and O–H groups in total. The molecule has 1 radical (unpaired) electrons. The SMILES string of the molecule is [CH2]Cc1cc(-c2ccccc2)co1. The summed E-state index contributed by atoms with van der Waals surface area (Å²) < 4.78 is 5.31. The number of hydrogen-bond donors (Lipinski definition) is 0. The minimum atomic E-state index is 0.701. The van der Waals surface area contributed by atoms with Gasteiger partial charge in [-0.15, -0.1) is 0 Å². The number of rotatable bonds is 2. The van der Waals surface area contributed by atoms with Crippen LogP contribution in [0.4, 0.5) is 0 Å². The molecule has 1 heterocycles. The smallest absolute Gasteiger partial charge is 0.104 e. The van der Waals surface area contributed by atoms with E-state index in [2.05, 4.69) is 19.1 Å². The van der Waals surface area contributed by atoms with Crippen LogP contribution in [0, 0.1) is 6.92 Å². The Morgan fingerprint density at radius 3 is 2.46 bits per heavy atom. The number of furan rings is 1. The molecule has 0 aliphatic rings. The lowest BCUT2D eigenvalue weighted by Crippen LogP contribution is -1.72. The maximum atomic E-state index is 5.31. The van der Waals surface area contributed by atoms with Gasteiger partial charge in [0, 0.05) is 12.0 Å². The van der Waals surface area contributed by atoms with E-state index < -0.39 is 0 Å². The highest BCUT2D eigenvalue weighted by Gasteiger charge is 2.00. The van der Waals surface area contributed by atoms with Gasteiger partial charge in [0.25, 0.3) is 0 Å². The van der Waals surface area contributed by atoms with Crippen LogP contribution in [-0.4, -0.2) is 0 Å². The summed E-state index contributed by atoms with van der Waals surface area (Å²) >= 11 is 0. The van der Waals surface area contributed by atoms with Crippen molar-refractivity contribution in [3.8, 4) is 11.1 Å². The minimum Gasteiger partial charge on any atom is -0.469 e. The molecule has 1 nitrogen and oxygen atoms in total. The van der Waals surface area contributed by atoms with Crippen LogP contribution in [0.15, 0.2) is 47.1 Å². The Morgan fingerprint density at radius 2 is 1.85 bits per heavy atom. The third-order valence-electron chi connectivity index (χ3n) is 2.01. The van der Waals surface area contributed by atoms with Crippen LogP contribution in [0.5, 0.6) is 0 Å². The molecule has 0 aliphatic carbocycles. The highest BCUT2D eigenvalue weighted by atomic mass is 16.3. The zero-order valence-electron chi connectivity index (χ0n) is 7.36. The molecular formula is C12H11O. The van der Waals surface area contributed by atoms with Crippen molar-refractivity contribution in [2.75, 3.05) is 0 Å². The molecule has 0 unspecified atom stereocenters. The quantitative estimate of drug-likeness (QED) is 0.675. The summed E-state index contributed by atoms with van der Waals surface area (Å²) in [5.41, 5.74) is 2.31. The zero-order chi connectivity index (χ0) is 9.10. The molecule has 0 aliphatic heterocycles. The monoisotopic (exact) mass is 171 g/mol. The first-order valence-electron chi connectivity index (χ1n) is 4.32. The first kappa shape index (κ1) is 8.11. The first-order chi connectivity index (χ1) is 6.40. The third-order valence-corrected chi connectivity index (χ3v) is 2.01. The predicted molar refractivity (Wildman–Crippen MR) is 53.2 cm³/mol. The van der Waals surface area contributed by atoms with Crippen molar-refractivity contribution >= 4 is 0 Å². The van der Waals surface area contributed by atoms with E-state index in [-0.39, 0.29) is 0 Å². The minimum absolute atomic E-state index is 0.701. The van der Waals surface area contributed by atoms with Gasteiger partial charge in [-0.25, -0.2) is 0 Å². The fourth-order valence-corrected chi connectivity index (χ4v) is 1.29. The van der Waals surface area contributed by atoms with E-state index in [1.165, 1.54) is 5.56 Å². The Kier molecular flexibility index (Phi) is 2.17. The summed E-state index contributed by atoms with van der Waals surface area (Å²) in [6.45, 7) is 3.77. The lowest BCUT2D eigenvalue weighted by molar-refractivity contribution is 0.523. The molecule has 0 amide bonds. The molecule has 0 fully saturated rings. The van der Waals surface area contributed by atoms with Crippen molar-refractivity contribution < 1.29 is 4.42 Å². The molecule has 65 valence electrons. The molecular weight excluding hydrogens is 160 g/mol. The van der Waals surface area contributed by atoms with Crippen molar-refractivity contribution in [1.82, 2.24) is 0 Å². The molecule has 1 heteroatoms. The van der Waals surface area contributed by atoms with E-state index in [9.17, 15) is 0 Å². The molecule has 0 spiro atoms. The van der Waals surface area contributed by atoms with Gasteiger partial charge < -0.3 is 4.42 Å². The number of benzene rings is 1. The topological polar surface area (TPSA) is 13.1 Å². The zero-order valence-corrected chi connectivity index (χ0v) is 7.36. The van der Waals surface area contributed by atoms with Crippen LogP contribution in [0.1, 0.15) is 5.76 Å². The second kappa shape index (κ2) is 3.48. The summed E-state index contributed by atoms with van der Waals surface area (Å²) in [7, 11) is 0. The second-order valence-electron chi connectivity index (χ2n) is 2.92. The molecule has 2 rings (SSSR count). The average molecular weight is 171 g/mol. The van der Waals surface area contributed by atoms with Gasteiger partial charge in [-0.2, -0.15) is 0 Å². The summed E-state index contributed by atoms with van der Waals surface area (Å²) in [5.74, 6) is 0.929. The van der Waals surface area contributed by atoms with Gasteiger partial charge in [0.1, 0.15) is 5.76 Å². The van der Waals surface area contributed by atoms with E-state index in [1.54, 1.807) is 6.26 Å². The van der Waals surface area contributed by atoms with Crippen LogP contribution in [0.2, 0.25) is 0 Å². The van der Waals surface area contributed by atoms with Crippen LogP contribution in [0.3, 0.4) is 0 Å². The molecule has 0 saturated carbocycles. The lowest BCUT2D eigenvalue weighted by Gasteiger charge is -1.92. The van der Waals surface area contributed by atoms with Crippen molar-refractivity contribution in [1.29, 1.82) is 0 Å². The van der Waals surface area contributed by atoms with Gasteiger partial charge in [-0.05, 0) is 18.6 Å². The standard InChI is InChI=1S/C12H11O/c1-2-12-8-11(9-13-12)10-6-4-3-5-7-10/h3-9H,1-2H2. The Hall–Kier alpha value is -1.50. The van der Waals surface area contributed by atoms with Gasteiger partial charge in [-0.1, -0.05) is 30.3 Å². The normalized spacial score (nSPS) is 10.2. The molecule has 2 aromatic rings. The summed E-state index contributed by atoms with van der Waals surface area (Å²) in [4.78, 5) is 0. The molecule has 0 atom stereocenters. The van der Waals surface area contributed by atoms with Crippen molar-refractivity contribution in [2.45, 2.75) is 6.42 Å². The van der Waals surface area contributed by atoms with E-state index in [0.717, 1.165) is 11.3 Å². The summed E-state index contributed by atoms with van der Waals surface area (Å²) in [6.07, 6.45) is 2.47. The lowest BCUT2D eigenvalue weighted by atomic mass is 10.1. The molecule has 0 saturated heterocycles.